The van der Waals surface area contributed by atoms with Crippen molar-refractivity contribution < 1.29 is 14.6 Å². The number of imidazole rings is 1. The minimum Gasteiger partial charge on any atom is -0.478 e. The number of ether oxygens (including phenoxy) is 1. The van der Waals surface area contributed by atoms with Crippen molar-refractivity contribution in [3.05, 3.63) is 47.9 Å². The Morgan fingerprint density at radius 3 is 2.81 bits per heavy atom. The number of carbonyl (C=O) groups is 1. The van der Waals surface area contributed by atoms with Gasteiger partial charge < -0.3 is 14.4 Å². The van der Waals surface area contributed by atoms with E-state index in [0.29, 0.717) is 22.7 Å². The minimum absolute atomic E-state index is 0.256. The maximum Gasteiger partial charge on any atom is 0.335 e. The molecule has 0 atom stereocenters. The second-order valence-corrected chi connectivity index (χ2v) is 4.72. The van der Waals surface area contributed by atoms with Crippen LogP contribution in [-0.4, -0.2) is 25.6 Å². The molecule has 6 nitrogen and oxygen atoms in total. The fourth-order valence-electron chi connectivity index (χ4n) is 2.16. The van der Waals surface area contributed by atoms with Gasteiger partial charge in [-0.15, -0.1) is 0 Å². The molecule has 0 fully saturated rings. The van der Waals surface area contributed by atoms with Gasteiger partial charge in [0.05, 0.1) is 17.4 Å². The molecule has 0 unspecified atom stereocenters. The number of fused-ring (bicyclic) bond motifs is 1. The summed E-state index contributed by atoms with van der Waals surface area (Å²) in [5.74, 6) is -0.0252. The Hall–Kier alpha value is -2.89. The molecule has 106 valence electrons. The number of hydrogen-bond acceptors (Lipinski definition) is 4. The lowest BCUT2D eigenvalue weighted by Gasteiger charge is -2.07. The highest BCUT2D eigenvalue weighted by molar-refractivity contribution is 5.89. The zero-order valence-electron chi connectivity index (χ0n) is 11.6. The van der Waals surface area contributed by atoms with Crippen molar-refractivity contribution in [3.63, 3.8) is 0 Å². The number of pyridine rings is 1. The summed E-state index contributed by atoms with van der Waals surface area (Å²) in [4.78, 5) is 19.5. The number of hydrogen-bond donors (Lipinski definition) is 1. The second kappa shape index (κ2) is 4.90. The van der Waals surface area contributed by atoms with Crippen LogP contribution in [-0.2, 0) is 7.05 Å². The van der Waals surface area contributed by atoms with Crippen molar-refractivity contribution in [1.29, 1.82) is 0 Å². The summed E-state index contributed by atoms with van der Waals surface area (Å²) in [7, 11) is 1.89. The molecule has 3 aromatic rings. The summed E-state index contributed by atoms with van der Waals surface area (Å²) in [5, 5.41) is 9.02. The van der Waals surface area contributed by atoms with Crippen LogP contribution in [0.1, 0.15) is 15.9 Å². The van der Waals surface area contributed by atoms with Gasteiger partial charge >= 0.3 is 5.97 Å². The van der Waals surface area contributed by atoms with Gasteiger partial charge in [0.25, 0.3) is 0 Å². The van der Waals surface area contributed by atoms with Crippen molar-refractivity contribution in [2.75, 3.05) is 0 Å². The SMILES string of the molecule is Cc1cc(Oc2nccc3c2ncn3C)ccc1C(=O)O. The number of benzene rings is 1. The smallest absolute Gasteiger partial charge is 0.335 e. The van der Waals surface area contributed by atoms with Crippen LogP contribution in [0.15, 0.2) is 36.8 Å². The second-order valence-electron chi connectivity index (χ2n) is 4.72. The lowest BCUT2D eigenvalue weighted by molar-refractivity contribution is 0.0696. The first kappa shape index (κ1) is 13.1. The molecule has 21 heavy (non-hydrogen) atoms. The van der Waals surface area contributed by atoms with Crippen LogP contribution >= 0.6 is 0 Å². The topological polar surface area (TPSA) is 77.2 Å². The summed E-state index contributed by atoms with van der Waals surface area (Å²) in [6, 6.07) is 6.66. The Bertz CT molecular complexity index is 839. The molecule has 0 saturated heterocycles. The van der Waals surface area contributed by atoms with Gasteiger partial charge in [-0.1, -0.05) is 0 Å². The molecule has 0 bridgehead atoms. The van der Waals surface area contributed by atoms with Crippen molar-refractivity contribution in [1.82, 2.24) is 14.5 Å². The van der Waals surface area contributed by atoms with Crippen molar-refractivity contribution in [2.45, 2.75) is 6.92 Å². The van der Waals surface area contributed by atoms with Crippen LogP contribution in [0.3, 0.4) is 0 Å². The molecule has 2 aromatic heterocycles. The number of carboxylic acids is 1. The van der Waals surface area contributed by atoms with Gasteiger partial charge in [-0.3, -0.25) is 0 Å². The molecule has 0 aliphatic carbocycles. The van der Waals surface area contributed by atoms with E-state index in [0.717, 1.165) is 5.52 Å². The van der Waals surface area contributed by atoms with E-state index in [1.807, 2.05) is 17.7 Å². The predicted molar refractivity (Wildman–Crippen MR) is 76.7 cm³/mol. The Morgan fingerprint density at radius 1 is 1.29 bits per heavy atom. The van der Waals surface area contributed by atoms with E-state index in [9.17, 15) is 4.79 Å². The number of aromatic nitrogens is 3. The van der Waals surface area contributed by atoms with Gasteiger partial charge in [0, 0.05) is 13.2 Å². The maximum absolute atomic E-state index is 11.0. The molecule has 2 heterocycles. The van der Waals surface area contributed by atoms with Gasteiger partial charge in [-0.05, 0) is 36.8 Å². The number of carboxylic acid groups (broad SMARTS) is 1. The third-order valence-corrected chi connectivity index (χ3v) is 3.25. The van der Waals surface area contributed by atoms with Crippen LogP contribution in [0, 0.1) is 6.92 Å². The number of aromatic carboxylic acids is 1. The summed E-state index contributed by atoms with van der Waals surface area (Å²) in [6.07, 6.45) is 3.34. The zero-order chi connectivity index (χ0) is 15.0. The fourth-order valence-corrected chi connectivity index (χ4v) is 2.16. The van der Waals surface area contributed by atoms with E-state index < -0.39 is 5.97 Å². The first-order valence-corrected chi connectivity index (χ1v) is 6.34. The standard InChI is InChI=1S/C15H13N3O3/c1-9-7-10(3-4-11(9)15(19)20)21-14-13-12(5-6-16-14)18(2)8-17-13/h3-8H,1-2H3,(H,19,20). The lowest BCUT2D eigenvalue weighted by Crippen LogP contribution is -1.99. The molecule has 3 rings (SSSR count). The van der Waals surface area contributed by atoms with E-state index in [1.165, 1.54) is 6.07 Å². The summed E-state index contributed by atoms with van der Waals surface area (Å²) in [5.41, 5.74) is 2.47. The van der Waals surface area contributed by atoms with Crippen molar-refractivity contribution >= 4 is 17.0 Å². The highest BCUT2D eigenvalue weighted by Gasteiger charge is 2.11. The largest absolute Gasteiger partial charge is 0.478 e. The predicted octanol–water partition coefficient (Wildman–Crippen LogP) is 2.77. The Balaban J connectivity index is 1.99. The zero-order valence-corrected chi connectivity index (χ0v) is 11.6. The van der Waals surface area contributed by atoms with Gasteiger partial charge in [0.15, 0.2) is 5.52 Å². The van der Waals surface area contributed by atoms with E-state index in [-0.39, 0.29) is 5.56 Å². The van der Waals surface area contributed by atoms with E-state index in [2.05, 4.69) is 9.97 Å². The first-order chi connectivity index (χ1) is 10.1. The van der Waals surface area contributed by atoms with Gasteiger partial charge in [0.2, 0.25) is 5.88 Å². The highest BCUT2D eigenvalue weighted by atomic mass is 16.5. The molecular formula is C15H13N3O3. The number of nitrogens with zero attached hydrogens (tertiary/aromatic N) is 3. The van der Waals surface area contributed by atoms with Crippen molar-refractivity contribution in [2.24, 2.45) is 7.05 Å². The molecule has 0 amide bonds. The van der Waals surface area contributed by atoms with Crippen LogP contribution in [0.5, 0.6) is 11.6 Å². The quantitative estimate of drug-likeness (QED) is 0.799. The van der Waals surface area contributed by atoms with E-state index in [4.69, 9.17) is 9.84 Å². The van der Waals surface area contributed by atoms with E-state index >= 15 is 0 Å². The summed E-state index contributed by atoms with van der Waals surface area (Å²) in [6.45, 7) is 1.73. The molecule has 0 radical (unpaired) electrons. The average molecular weight is 283 g/mol. The van der Waals surface area contributed by atoms with Crippen LogP contribution in [0.4, 0.5) is 0 Å². The lowest BCUT2D eigenvalue weighted by atomic mass is 10.1. The minimum atomic E-state index is -0.955. The van der Waals surface area contributed by atoms with Gasteiger partial charge in [0.1, 0.15) is 5.75 Å². The monoisotopic (exact) mass is 283 g/mol. The molecule has 0 spiro atoms. The molecule has 0 aliphatic heterocycles. The molecule has 0 saturated carbocycles. The van der Waals surface area contributed by atoms with Gasteiger partial charge in [-0.25, -0.2) is 14.8 Å². The normalized spacial score (nSPS) is 10.8. The fraction of sp³-hybridized carbons (Fsp3) is 0.133. The van der Waals surface area contributed by atoms with Crippen LogP contribution < -0.4 is 4.74 Å². The molecule has 1 aromatic carbocycles. The van der Waals surface area contributed by atoms with Crippen LogP contribution in [0.2, 0.25) is 0 Å². The van der Waals surface area contributed by atoms with E-state index in [1.54, 1.807) is 31.6 Å². The van der Waals surface area contributed by atoms with Crippen molar-refractivity contribution in [3.8, 4) is 11.6 Å². The molecular weight excluding hydrogens is 270 g/mol. The summed E-state index contributed by atoms with van der Waals surface area (Å²) < 4.78 is 7.62. The number of aryl methyl sites for hydroxylation is 2. The highest BCUT2D eigenvalue weighted by Crippen LogP contribution is 2.27. The average Bonchev–Trinajstić information content (AvgIpc) is 2.81. The van der Waals surface area contributed by atoms with Gasteiger partial charge in [-0.2, -0.15) is 0 Å². The third-order valence-electron chi connectivity index (χ3n) is 3.25. The molecule has 0 aliphatic rings. The maximum atomic E-state index is 11.0. The number of rotatable bonds is 3. The van der Waals surface area contributed by atoms with Crippen LogP contribution in [0.25, 0.3) is 11.0 Å². The Morgan fingerprint density at radius 2 is 2.10 bits per heavy atom. The Labute approximate surface area is 120 Å². The molecule has 6 heteroatoms. The first-order valence-electron chi connectivity index (χ1n) is 6.34. The summed E-state index contributed by atoms with van der Waals surface area (Å²) >= 11 is 0. The third kappa shape index (κ3) is 2.31. The Kier molecular flexibility index (Phi) is 3.06. The molecule has 1 N–H and O–H groups in total.